The lowest BCUT2D eigenvalue weighted by Gasteiger charge is -2.11. The molecular formula is C17H25N3O. The summed E-state index contributed by atoms with van der Waals surface area (Å²) in [6, 6.07) is 6.49. The van der Waals surface area contributed by atoms with E-state index in [4.69, 9.17) is 4.74 Å². The third-order valence-electron chi connectivity index (χ3n) is 3.53. The standard InChI is InChI=1S/C17H25N3O/c1-5-7-18-14(3)15-6-8-20(11-15)12-16-10-17(21-4)9-13(2)19-16/h6,8-11,14,18H,5,7,12H2,1-4H3. The van der Waals surface area contributed by atoms with Gasteiger partial charge in [-0.1, -0.05) is 6.92 Å². The molecule has 0 amide bonds. The number of aryl methyl sites for hydroxylation is 1. The molecule has 1 atom stereocenters. The molecule has 0 bridgehead atoms. The molecule has 0 aliphatic carbocycles. The van der Waals surface area contributed by atoms with Crippen molar-refractivity contribution in [3.8, 4) is 5.75 Å². The number of pyridine rings is 1. The van der Waals surface area contributed by atoms with Crippen LogP contribution >= 0.6 is 0 Å². The molecule has 0 aliphatic heterocycles. The molecule has 2 heterocycles. The quantitative estimate of drug-likeness (QED) is 0.849. The minimum atomic E-state index is 0.381. The van der Waals surface area contributed by atoms with Crippen molar-refractivity contribution >= 4 is 0 Å². The van der Waals surface area contributed by atoms with E-state index in [1.165, 1.54) is 5.56 Å². The molecule has 0 aromatic carbocycles. The largest absolute Gasteiger partial charge is 0.497 e. The van der Waals surface area contributed by atoms with Crippen molar-refractivity contribution in [1.29, 1.82) is 0 Å². The predicted octanol–water partition coefficient (Wildman–Crippen LogP) is 3.31. The normalized spacial score (nSPS) is 12.4. The fourth-order valence-corrected chi connectivity index (χ4v) is 2.38. The second kappa shape index (κ2) is 7.27. The number of hydrogen-bond acceptors (Lipinski definition) is 3. The Bertz CT molecular complexity index is 577. The summed E-state index contributed by atoms with van der Waals surface area (Å²) in [7, 11) is 1.69. The summed E-state index contributed by atoms with van der Waals surface area (Å²) in [4.78, 5) is 4.56. The van der Waals surface area contributed by atoms with Gasteiger partial charge in [-0.15, -0.1) is 0 Å². The van der Waals surface area contributed by atoms with E-state index in [9.17, 15) is 0 Å². The fourth-order valence-electron chi connectivity index (χ4n) is 2.38. The minimum absolute atomic E-state index is 0.381. The van der Waals surface area contributed by atoms with Gasteiger partial charge in [-0.25, -0.2) is 0 Å². The highest BCUT2D eigenvalue weighted by Crippen LogP contribution is 2.16. The first-order valence-corrected chi connectivity index (χ1v) is 7.53. The average Bonchev–Trinajstić information content (AvgIpc) is 2.92. The van der Waals surface area contributed by atoms with E-state index < -0.39 is 0 Å². The molecule has 0 spiro atoms. The molecule has 114 valence electrons. The third kappa shape index (κ3) is 4.33. The maximum atomic E-state index is 5.30. The molecule has 0 aliphatic rings. The van der Waals surface area contributed by atoms with Crippen LogP contribution in [0.15, 0.2) is 30.6 Å². The average molecular weight is 287 g/mol. The van der Waals surface area contributed by atoms with Crippen LogP contribution in [-0.2, 0) is 6.54 Å². The summed E-state index contributed by atoms with van der Waals surface area (Å²) in [5, 5.41) is 3.50. The van der Waals surface area contributed by atoms with Crippen molar-refractivity contribution in [3.05, 3.63) is 47.5 Å². The first kappa shape index (κ1) is 15.6. The number of hydrogen-bond donors (Lipinski definition) is 1. The summed E-state index contributed by atoms with van der Waals surface area (Å²) in [5.41, 5.74) is 3.31. The molecule has 0 radical (unpaired) electrons. The van der Waals surface area contributed by atoms with Crippen molar-refractivity contribution in [2.24, 2.45) is 0 Å². The topological polar surface area (TPSA) is 39.1 Å². The van der Waals surface area contributed by atoms with Gasteiger partial charge in [0.2, 0.25) is 0 Å². The monoisotopic (exact) mass is 287 g/mol. The molecule has 2 aromatic heterocycles. The van der Waals surface area contributed by atoms with Crippen LogP contribution in [0, 0.1) is 6.92 Å². The Morgan fingerprint density at radius 3 is 2.90 bits per heavy atom. The lowest BCUT2D eigenvalue weighted by Crippen LogP contribution is -2.18. The van der Waals surface area contributed by atoms with Crippen LogP contribution < -0.4 is 10.1 Å². The molecule has 1 N–H and O–H groups in total. The predicted molar refractivity (Wildman–Crippen MR) is 85.8 cm³/mol. The molecule has 21 heavy (non-hydrogen) atoms. The zero-order valence-corrected chi connectivity index (χ0v) is 13.4. The first-order chi connectivity index (χ1) is 10.1. The molecule has 0 fully saturated rings. The van der Waals surface area contributed by atoms with Gasteiger partial charge in [0.15, 0.2) is 0 Å². The van der Waals surface area contributed by atoms with Gasteiger partial charge in [0.1, 0.15) is 5.75 Å². The molecule has 0 saturated carbocycles. The van der Waals surface area contributed by atoms with Gasteiger partial charge >= 0.3 is 0 Å². The number of rotatable bonds is 7. The summed E-state index contributed by atoms with van der Waals surface area (Å²) in [6.07, 6.45) is 5.44. The molecule has 0 saturated heterocycles. The van der Waals surface area contributed by atoms with Crippen LogP contribution in [0.2, 0.25) is 0 Å². The number of nitrogens with zero attached hydrogens (tertiary/aromatic N) is 2. The minimum Gasteiger partial charge on any atom is -0.497 e. The zero-order chi connectivity index (χ0) is 15.2. The Labute approximate surface area is 127 Å². The highest BCUT2D eigenvalue weighted by molar-refractivity contribution is 5.27. The number of aromatic nitrogens is 2. The Morgan fingerprint density at radius 2 is 2.19 bits per heavy atom. The second-order valence-electron chi connectivity index (χ2n) is 5.43. The summed E-state index contributed by atoms with van der Waals surface area (Å²) < 4.78 is 7.47. The van der Waals surface area contributed by atoms with Gasteiger partial charge in [-0.05, 0) is 38.4 Å². The van der Waals surface area contributed by atoms with E-state index in [1.54, 1.807) is 7.11 Å². The Hall–Kier alpha value is -1.81. The number of nitrogens with one attached hydrogen (secondary N) is 1. The zero-order valence-electron chi connectivity index (χ0n) is 13.4. The lowest BCUT2D eigenvalue weighted by atomic mass is 10.2. The van der Waals surface area contributed by atoms with E-state index in [-0.39, 0.29) is 0 Å². The second-order valence-corrected chi connectivity index (χ2v) is 5.43. The Morgan fingerprint density at radius 1 is 1.38 bits per heavy atom. The summed E-state index contributed by atoms with van der Waals surface area (Å²) in [5.74, 6) is 0.864. The summed E-state index contributed by atoms with van der Waals surface area (Å²) in [6.45, 7) is 8.18. The molecule has 4 nitrogen and oxygen atoms in total. The van der Waals surface area contributed by atoms with Crippen molar-refractivity contribution in [2.75, 3.05) is 13.7 Å². The van der Waals surface area contributed by atoms with E-state index in [2.05, 4.69) is 47.2 Å². The fraction of sp³-hybridized carbons (Fsp3) is 0.471. The lowest BCUT2D eigenvalue weighted by molar-refractivity contribution is 0.413. The van der Waals surface area contributed by atoms with Crippen LogP contribution in [0.3, 0.4) is 0 Å². The molecule has 4 heteroatoms. The maximum absolute atomic E-state index is 5.30. The van der Waals surface area contributed by atoms with Crippen molar-refractivity contribution < 1.29 is 4.74 Å². The Balaban J connectivity index is 2.07. The van der Waals surface area contributed by atoms with Crippen LogP contribution in [0.4, 0.5) is 0 Å². The number of ether oxygens (including phenoxy) is 1. The van der Waals surface area contributed by atoms with Gasteiger partial charge in [-0.3, -0.25) is 4.98 Å². The maximum Gasteiger partial charge on any atom is 0.122 e. The highest BCUT2D eigenvalue weighted by Gasteiger charge is 2.07. The van der Waals surface area contributed by atoms with Crippen LogP contribution in [-0.4, -0.2) is 23.2 Å². The van der Waals surface area contributed by atoms with Gasteiger partial charge in [0, 0.05) is 36.3 Å². The van der Waals surface area contributed by atoms with Gasteiger partial charge in [0.25, 0.3) is 0 Å². The number of methoxy groups -OCH3 is 1. The molecule has 2 aromatic rings. The third-order valence-corrected chi connectivity index (χ3v) is 3.53. The van der Waals surface area contributed by atoms with E-state index >= 15 is 0 Å². The summed E-state index contributed by atoms with van der Waals surface area (Å²) >= 11 is 0. The van der Waals surface area contributed by atoms with Crippen molar-refractivity contribution in [2.45, 2.75) is 39.8 Å². The Kier molecular flexibility index (Phi) is 5.39. The highest BCUT2D eigenvalue weighted by atomic mass is 16.5. The van der Waals surface area contributed by atoms with Crippen molar-refractivity contribution in [1.82, 2.24) is 14.9 Å². The van der Waals surface area contributed by atoms with E-state index in [1.807, 2.05) is 19.1 Å². The SMILES string of the molecule is CCCNC(C)c1ccn(Cc2cc(OC)cc(C)n2)c1. The van der Waals surface area contributed by atoms with E-state index in [0.29, 0.717) is 6.04 Å². The van der Waals surface area contributed by atoms with Crippen LogP contribution in [0.25, 0.3) is 0 Å². The van der Waals surface area contributed by atoms with E-state index in [0.717, 1.165) is 36.6 Å². The van der Waals surface area contributed by atoms with Gasteiger partial charge in [-0.2, -0.15) is 0 Å². The first-order valence-electron chi connectivity index (χ1n) is 7.53. The van der Waals surface area contributed by atoms with Gasteiger partial charge in [0.05, 0.1) is 19.3 Å². The van der Waals surface area contributed by atoms with Gasteiger partial charge < -0.3 is 14.6 Å². The molecular weight excluding hydrogens is 262 g/mol. The van der Waals surface area contributed by atoms with Crippen LogP contribution in [0.1, 0.15) is 43.3 Å². The molecule has 2 rings (SSSR count). The smallest absolute Gasteiger partial charge is 0.122 e. The molecule has 1 unspecified atom stereocenters. The van der Waals surface area contributed by atoms with Crippen LogP contribution in [0.5, 0.6) is 5.75 Å². The van der Waals surface area contributed by atoms with Crippen molar-refractivity contribution in [3.63, 3.8) is 0 Å².